The van der Waals surface area contributed by atoms with Crippen molar-refractivity contribution in [3.05, 3.63) is 71.8 Å². The number of amides is 1. The lowest BCUT2D eigenvalue weighted by Gasteiger charge is -2.42. The molecule has 2 aromatic carbocycles. The van der Waals surface area contributed by atoms with Gasteiger partial charge in [0.15, 0.2) is 12.4 Å². The van der Waals surface area contributed by atoms with Gasteiger partial charge in [-0.05, 0) is 62.0 Å². The van der Waals surface area contributed by atoms with Crippen molar-refractivity contribution >= 4 is 52.8 Å². The molecule has 4 rings (SSSR count). The molecular weight excluding hydrogens is 759 g/mol. The number of nitrogens with one attached hydrogen (secondary N) is 1. The van der Waals surface area contributed by atoms with E-state index in [2.05, 4.69) is 6.92 Å². The summed E-state index contributed by atoms with van der Waals surface area (Å²) in [6.07, 6.45) is -0.592. The van der Waals surface area contributed by atoms with Gasteiger partial charge in [-0.2, -0.15) is 0 Å². The van der Waals surface area contributed by atoms with Crippen molar-refractivity contribution in [1.82, 2.24) is 4.90 Å². The third-order valence-electron chi connectivity index (χ3n) is 10.3. The maximum Gasteiger partial charge on any atom is 0.410 e. The summed E-state index contributed by atoms with van der Waals surface area (Å²) in [4.78, 5) is 25.8. The molecule has 2 aromatic rings. The number of benzene rings is 2. The third kappa shape index (κ3) is 14.5. The molecule has 11 nitrogen and oxygen atoms in total. The van der Waals surface area contributed by atoms with E-state index in [0.29, 0.717) is 25.6 Å². The highest BCUT2D eigenvalue weighted by Crippen LogP contribution is 2.36. The van der Waals surface area contributed by atoms with Gasteiger partial charge in [0, 0.05) is 32.5 Å². The summed E-state index contributed by atoms with van der Waals surface area (Å²) in [6, 6.07) is 19.7. The highest BCUT2D eigenvalue weighted by molar-refractivity contribution is 6.76. The molecule has 1 amide bonds. The Kier molecular flexibility index (Phi) is 18.8. The van der Waals surface area contributed by atoms with Crippen LogP contribution >= 0.6 is 34.8 Å². The number of carbonyl (C=O) groups is 2. The average Bonchev–Trinajstić information content (AvgIpc) is 3.13. The van der Waals surface area contributed by atoms with Crippen LogP contribution in [0.1, 0.15) is 78.9 Å². The average molecular weight is 816 g/mol. The quantitative estimate of drug-likeness (QED) is 0.0669. The SMILES string of the molecule is CC(=O)OC1C(OC(=N)C(Cl)(Cl)Cl)OC(C)[C@H](C)[C@@H]1C.CC1C(O)[C@H](OCCCCCN(Cc2ccccc2)C(=O)OCc2ccccc2)O[C@@H](C)[C@@H]1C. The number of aliphatic hydroxyl groups excluding tert-OH is 1. The van der Waals surface area contributed by atoms with Crippen molar-refractivity contribution in [3.63, 3.8) is 0 Å². The number of aliphatic hydroxyl groups is 1. The second kappa shape index (κ2) is 22.2. The van der Waals surface area contributed by atoms with E-state index < -0.39 is 40.4 Å². The van der Waals surface area contributed by atoms with E-state index in [1.165, 1.54) is 6.92 Å². The van der Waals surface area contributed by atoms with E-state index in [1.54, 1.807) is 4.90 Å². The molecule has 0 aliphatic carbocycles. The van der Waals surface area contributed by atoms with Crippen LogP contribution < -0.4 is 0 Å². The monoisotopic (exact) mass is 814 g/mol. The topological polar surface area (TPSA) is 137 Å². The van der Waals surface area contributed by atoms with E-state index in [4.69, 9.17) is 68.6 Å². The van der Waals surface area contributed by atoms with Crippen molar-refractivity contribution in [1.29, 1.82) is 5.41 Å². The molecule has 302 valence electrons. The molecule has 2 fully saturated rings. The first kappa shape index (κ1) is 45.7. The molecule has 2 aliphatic rings. The predicted molar refractivity (Wildman–Crippen MR) is 209 cm³/mol. The molecule has 14 heteroatoms. The number of ether oxygens (including phenoxy) is 6. The maximum atomic E-state index is 12.8. The lowest BCUT2D eigenvalue weighted by Crippen LogP contribution is -2.52. The molecule has 5 unspecified atom stereocenters. The zero-order chi connectivity index (χ0) is 40.0. The Balaban J connectivity index is 0.000000334. The fourth-order valence-corrected chi connectivity index (χ4v) is 6.32. The molecule has 0 spiro atoms. The lowest BCUT2D eigenvalue weighted by molar-refractivity contribution is -0.266. The van der Waals surface area contributed by atoms with Crippen LogP contribution in [0.2, 0.25) is 0 Å². The Morgan fingerprint density at radius 3 is 1.91 bits per heavy atom. The summed E-state index contributed by atoms with van der Waals surface area (Å²) in [5.41, 5.74) is 2.04. The number of unbranched alkanes of at least 4 members (excludes halogenated alkanes) is 2. The smallest absolute Gasteiger partial charge is 0.410 e. The molecule has 0 radical (unpaired) electrons. The van der Waals surface area contributed by atoms with Crippen molar-refractivity contribution in [2.24, 2.45) is 23.7 Å². The lowest BCUT2D eigenvalue weighted by atomic mass is 9.84. The van der Waals surface area contributed by atoms with Crippen molar-refractivity contribution in [2.75, 3.05) is 13.2 Å². The minimum absolute atomic E-state index is 0.0178. The van der Waals surface area contributed by atoms with Crippen LogP contribution in [0.5, 0.6) is 0 Å². The third-order valence-corrected chi connectivity index (χ3v) is 10.8. The molecule has 0 bridgehead atoms. The molecule has 2 saturated heterocycles. The summed E-state index contributed by atoms with van der Waals surface area (Å²) in [6.45, 7) is 15.2. The van der Waals surface area contributed by atoms with Gasteiger partial charge < -0.3 is 38.4 Å². The van der Waals surface area contributed by atoms with Gasteiger partial charge in [0.1, 0.15) is 12.7 Å². The first-order chi connectivity index (χ1) is 25.5. The Hall–Kier alpha value is -2.64. The Morgan fingerprint density at radius 2 is 1.33 bits per heavy atom. The second-order valence-electron chi connectivity index (χ2n) is 14.2. The van der Waals surface area contributed by atoms with Crippen LogP contribution in [-0.2, 0) is 46.4 Å². The Morgan fingerprint density at radius 1 is 0.778 bits per heavy atom. The Labute approximate surface area is 335 Å². The van der Waals surface area contributed by atoms with Crippen molar-refractivity contribution in [3.8, 4) is 0 Å². The zero-order valence-corrected chi connectivity index (χ0v) is 34.6. The van der Waals surface area contributed by atoms with E-state index in [1.807, 2.05) is 95.3 Å². The van der Waals surface area contributed by atoms with Crippen molar-refractivity contribution in [2.45, 2.75) is 122 Å². The second-order valence-corrected chi connectivity index (χ2v) is 16.5. The number of esters is 1. The molecule has 0 saturated carbocycles. The number of hydrogen-bond acceptors (Lipinski definition) is 10. The minimum Gasteiger partial charge on any atom is -0.456 e. The first-order valence-electron chi connectivity index (χ1n) is 18.6. The number of alkyl halides is 3. The first-order valence-corrected chi connectivity index (χ1v) is 19.7. The molecule has 10 atom stereocenters. The highest BCUT2D eigenvalue weighted by atomic mass is 35.6. The van der Waals surface area contributed by atoms with Gasteiger partial charge in [0.25, 0.3) is 3.79 Å². The summed E-state index contributed by atoms with van der Waals surface area (Å²) in [5, 5.41) is 18.0. The molecule has 54 heavy (non-hydrogen) atoms. The summed E-state index contributed by atoms with van der Waals surface area (Å²) >= 11 is 16.7. The van der Waals surface area contributed by atoms with E-state index in [0.717, 1.165) is 30.4 Å². The van der Waals surface area contributed by atoms with Gasteiger partial charge in [-0.3, -0.25) is 10.2 Å². The molecule has 2 aliphatic heterocycles. The standard InChI is InChI=1S/C28H39NO5.C12H18Cl3NO4/c1-21-22(2)26(30)27(34-23(21)3)32-18-12-6-11-17-29(19-24-13-7-4-8-14-24)28(31)33-20-25-15-9-5-10-16-25;1-5-6(2)9(19-8(4)17)10(18-7(5)3)20-11(16)12(13,14)15/h4-5,7-10,13-16,21-23,26-27,30H,6,11-12,17-20H2,1-3H3;5-7,9-10,16H,1-4H3/t21-,22?,23+,26?,27-;5-,6+,7?,9?,10?/m11/s1. The number of carbonyl (C=O) groups excluding carboxylic acids is 2. The van der Waals surface area contributed by atoms with Crippen LogP contribution in [0.4, 0.5) is 4.79 Å². The number of rotatable bonds is 13. The number of hydrogen-bond donors (Lipinski definition) is 2. The number of nitrogens with zero attached hydrogens (tertiary/aromatic N) is 1. The van der Waals surface area contributed by atoms with Crippen LogP contribution in [0.3, 0.4) is 0 Å². The van der Waals surface area contributed by atoms with Crippen LogP contribution in [0, 0.1) is 29.1 Å². The molecule has 2 N–H and O–H groups in total. The Bertz CT molecular complexity index is 1430. The van der Waals surface area contributed by atoms with Gasteiger partial charge in [-0.1, -0.05) is 123 Å². The van der Waals surface area contributed by atoms with E-state index in [9.17, 15) is 14.7 Å². The summed E-state index contributed by atoms with van der Waals surface area (Å²) in [5.74, 6) is -0.453. The molecule has 0 aromatic heterocycles. The van der Waals surface area contributed by atoms with Gasteiger partial charge >= 0.3 is 12.1 Å². The molecule has 2 heterocycles. The van der Waals surface area contributed by atoms with Gasteiger partial charge in [-0.15, -0.1) is 0 Å². The van der Waals surface area contributed by atoms with Gasteiger partial charge in [0.2, 0.25) is 12.2 Å². The van der Waals surface area contributed by atoms with Crippen LogP contribution in [0.15, 0.2) is 60.7 Å². The predicted octanol–water partition coefficient (Wildman–Crippen LogP) is 8.69. The highest BCUT2D eigenvalue weighted by Gasteiger charge is 2.45. The van der Waals surface area contributed by atoms with Gasteiger partial charge in [0.05, 0.1) is 12.2 Å². The summed E-state index contributed by atoms with van der Waals surface area (Å²) < 4.78 is 31.4. The fourth-order valence-electron chi connectivity index (χ4n) is 6.19. The van der Waals surface area contributed by atoms with Crippen LogP contribution in [0.25, 0.3) is 0 Å². The fraction of sp³-hybridized carbons (Fsp3) is 0.625. The molecular formula is C40H57Cl3N2O9. The number of halogens is 3. The zero-order valence-electron chi connectivity index (χ0n) is 32.3. The van der Waals surface area contributed by atoms with Gasteiger partial charge in [-0.25, -0.2) is 4.79 Å². The minimum atomic E-state index is -1.99. The van der Waals surface area contributed by atoms with E-state index >= 15 is 0 Å². The van der Waals surface area contributed by atoms with Crippen LogP contribution in [-0.4, -0.2) is 81.9 Å². The maximum absolute atomic E-state index is 12.8. The summed E-state index contributed by atoms with van der Waals surface area (Å²) in [7, 11) is 0. The normalized spacial score (nSPS) is 28.2. The largest absolute Gasteiger partial charge is 0.456 e. The van der Waals surface area contributed by atoms with Crippen molar-refractivity contribution < 1.29 is 43.1 Å². The van der Waals surface area contributed by atoms with E-state index in [-0.39, 0.29) is 42.7 Å².